The van der Waals surface area contributed by atoms with E-state index >= 15 is 0 Å². The van der Waals surface area contributed by atoms with Gasteiger partial charge in [-0.15, -0.1) is 0 Å². The van der Waals surface area contributed by atoms with Crippen LogP contribution in [-0.2, 0) is 16.1 Å². The predicted molar refractivity (Wildman–Crippen MR) is 57.4 cm³/mol. The summed E-state index contributed by atoms with van der Waals surface area (Å²) in [6.07, 6.45) is 0. The first-order chi connectivity index (χ1) is 6.68. The Morgan fingerprint density at radius 2 is 1.79 bits per heavy atom. The molecule has 2 nitrogen and oxygen atoms in total. The van der Waals surface area contributed by atoms with Crippen LogP contribution in [-0.4, -0.2) is 5.97 Å². The Kier molecular flexibility index (Phi) is 6.46. The zero-order valence-electron chi connectivity index (χ0n) is 8.75. The molecule has 0 aliphatic rings. The Labute approximate surface area is 85.9 Å². The first-order valence-electron chi connectivity index (χ1n) is 4.43. The van der Waals surface area contributed by atoms with E-state index in [4.69, 9.17) is 4.74 Å². The third-order valence-electron chi connectivity index (χ3n) is 1.47. The van der Waals surface area contributed by atoms with Gasteiger partial charge in [0.2, 0.25) is 0 Å². The van der Waals surface area contributed by atoms with Gasteiger partial charge in [0.25, 0.3) is 0 Å². The highest BCUT2D eigenvalue weighted by atomic mass is 16.5. The van der Waals surface area contributed by atoms with E-state index in [0.29, 0.717) is 6.61 Å². The van der Waals surface area contributed by atoms with Crippen LogP contribution in [0.2, 0.25) is 0 Å². The average Bonchev–Trinajstić information content (AvgIpc) is 2.20. The van der Waals surface area contributed by atoms with Crippen molar-refractivity contribution >= 4 is 5.97 Å². The minimum Gasteiger partial charge on any atom is -0.461 e. The van der Waals surface area contributed by atoms with Crippen molar-refractivity contribution in [1.29, 1.82) is 0 Å². The number of esters is 1. The van der Waals surface area contributed by atoms with Crippen LogP contribution in [0.1, 0.15) is 25.0 Å². The molecule has 0 saturated heterocycles. The molecule has 0 spiro atoms. The second kappa shape index (κ2) is 7.13. The van der Waals surface area contributed by atoms with Crippen molar-refractivity contribution in [2.75, 3.05) is 0 Å². The van der Waals surface area contributed by atoms with Gasteiger partial charge in [-0.25, -0.2) is 0 Å². The maximum absolute atomic E-state index is 10.4. The van der Waals surface area contributed by atoms with Gasteiger partial charge < -0.3 is 4.74 Å². The van der Waals surface area contributed by atoms with E-state index in [1.165, 1.54) is 6.92 Å². The lowest BCUT2D eigenvalue weighted by molar-refractivity contribution is -0.142. The molecule has 1 rings (SSSR count). The molecule has 0 fully saturated rings. The van der Waals surface area contributed by atoms with E-state index in [-0.39, 0.29) is 5.97 Å². The SMILES string of the molecule is [CH2]C.[CH2]c1ccc(COC(C)=O)cc1. The van der Waals surface area contributed by atoms with Crippen molar-refractivity contribution in [3.63, 3.8) is 0 Å². The van der Waals surface area contributed by atoms with Gasteiger partial charge in [-0.2, -0.15) is 0 Å². The fraction of sp³-hybridized carbons (Fsp3) is 0.250. The maximum atomic E-state index is 10.4. The number of benzene rings is 1. The Balaban J connectivity index is 0.000000791. The highest BCUT2D eigenvalue weighted by molar-refractivity contribution is 5.65. The molecule has 0 N–H and O–H groups in total. The minimum absolute atomic E-state index is 0.256. The van der Waals surface area contributed by atoms with Crippen LogP contribution in [0.3, 0.4) is 0 Å². The molecule has 0 atom stereocenters. The molecule has 0 unspecified atom stereocenters. The van der Waals surface area contributed by atoms with E-state index in [1.807, 2.05) is 24.3 Å². The predicted octanol–water partition coefficient (Wildman–Crippen LogP) is 2.77. The quantitative estimate of drug-likeness (QED) is 0.673. The molecule has 14 heavy (non-hydrogen) atoms. The van der Waals surface area contributed by atoms with Crippen molar-refractivity contribution in [2.24, 2.45) is 0 Å². The van der Waals surface area contributed by atoms with Gasteiger partial charge >= 0.3 is 5.97 Å². The number of carbonyl (C=O) groups excluding carboxylic acids is 1. The Morgan fingerprint density at radius 1 is 1.29 bits per heavy atom. The van der Waals surface area contributed by atoms with E-state index in [1.54, 1.807) is 6.92 Å². The van der Waals surface area contributed by atoms with Gasteiger partial charge in [0, 0.05) is 6.92 Å². The standard InChI is InChI=1S/C10H11O2.C2H5/c1-8-3-5-10(6-4-8)7-12-9(2)11;1-2/h3-6H,1,7H2,2H3;1H2,2H3. The van der Waals surface area contributed by atoms with Crippen LogP contribution in [0.4, 0.5) is 0 Å². The summed E-state index contributed by atoms with van der Waals surface area (Å²) < 4.78 is 4.81. The van der Waals surface area contributed by atoms with E-state index < -0.39 is 0 Å². The van der Waals surface area contributed by atoms with Gasteiger partial charge in [-0.3, -0.25) is 4.79 Å². The summed E-state index contributed by atoms with van der Waals surface area (Å²) in [6, 6.07) is 7.56. The molecule has 2 heteroatoms. The lowest BCUT2D eigenvalue weighted by Crippen LogP contribution is -1.98. The van der Waals surface area contributed by atoms with Gasteiger partial charge in [0.15, 0.2) is 0 Å². The summed E-state index contributed by atoms with van der Waals surface area (Å²) in [5.41, 5.74) is 1.94. The highest BCUT2D eigenvalue weighted by Crippen LogP contribution is 2.04. The minimum atomic E-state index is -0.256. The maximum Gasteiger partial charge on any atom is 0.302 e. The molecule has 0 bridgehead atoms. The van der Waals surface area contributed by atoms with Gasteiger partial charge in [0.1, 0.15) is 6.61 Å². The first kappa shape index (κ1) is 12.7. The molecular weight excluding hydrogens is 176 g/mol. The molecule has 1 aromatic carbocycles. The Bertz CT molecular complexity index is 262. The van der Waals surface area contributed by atoms with Crippen molar-refractivity contribution in [2.45, 2.75) is 20.5 Å². The number of carbonyl (C=O) groups is 1. The van der Waals surface area contributed by atoms with E-state index in [0.717, 1.165) is 11.1 Å². The Morgan fingerprint density at radius 3 is 2.21 bits per heavy atom. The summed E-state index contributed by atoms with van der Waals surface area (Å²) >= 11 is 0. The van der Waals surface area contributed by atoms with Crippen LogP contribution in [0.5, 0.6) is 0 Å². The van der Waals surface area contributed by atoms with E-state index in [9.17, 15) is 4.79 Å². The lowest BCUT2D eigenvalue weighted by atomic mass is 10.2. The molecule has 0 saturated carbocycles. The number of ether oxygens (including phenoxy) is 1. The van der Waals surface area contributed by atoms with Crippen molar-refractivity contribution in [3.8, 4) is 0 Å². The number of rotatable bonds is 2. The number of hydrogen-bond acceptors (Lipinski definition) is 2. The average molecular weight is 192 g/mol. The van der Waals surface area contributed by atoms with Gasteiger partial charge in [0.05, 0.1) is 0 Å². The highest BCUT2D eigenvalue weighted by Gasteiger charge is 1.94. The normalized spacial score (nSPS) is 8.57. The van der Waals surface area contributed by atoms with Crippen LogP contribution in [0.15, 0.2) is 24.3 Å². The van der Waals surface area contributed by atoms with E-state index in [2.05, 4.69) is 13.8 Å². The van der Waals surface area contributed by atoms with Crippen LogP contribution in [0, 0.1) is 13.8 Å². The zero-order valence-corrected chi connectivity index (χ0v) is 8.75. The summed E-state index contributed by atoms with van der Waals surface area (Å²) in [5.74, 6) is -0.256. The second-order valence-corrected chi connectivity index (χ2v) is 2.60. The van der Waals surface area contributed by atoms with Crippen molar-refractivity contribution in [3.05, 3.63) is 49.2 Å². The molecule has 0 aliphatic carbocycles. The smallest absolute Gasteiger partial charge is 0.302 e. The number of hydrogen-bond donors (Lipinski definition) is 0. The van der Waals surface area contributed by atoms with Crippen molar-refractivity contribution < 1.29 is 9.53 Å². The summed E-state index contributed by atoms with van der Waals surface area (Å²) in [5, 5.41) is 0. The fourth-order valence-electron chi connectivity index (χ4n) is 0.820. The summed E-state index contributed by atoms with van der Waals surface area (Å²) in [4.78, 5) is 10.4. The molecule has 0 heterocycles. The molecule has 0 amide bonds. The molecule has 1 aromatic rings. The van der Waals surface area contributed by atoms with Crippen molar-refractivity contribution in [1.82, 2.24) is 0 Å². The lowest BCUT2D eigenvalue weighted by Gasteiger charge is -2.01. The first-order valence-corrected chi connectivity index (χ1v) is 4.43. The zero-order chi connectivity index (χ0) is 11.0. The van der Waals surface area contributed by atoms with Crippen LogP contribution >= 0.6 is 0 Å². The Hall–Kier alpha value is -1.31. The van der Waals surface area contributed by atoms with Gasteiger partial charge in [-0.05, 0) is 18.1 Å². The van der Waals surface area contributed by atoms with Crippen LogP contribution < -0.4 is 0 Å². The summed E-state index contributed by atoms with van der Waals surface area (Å²) in [7, 11) is 0. The topological polar surface area (TPSA) is 26.3 Å². The molecule has 76 valence electrons. The third-order valence-corrected chi connectivity index (χ3v) is 1.47. The van der Waals surface area contributed by atoms with Gasteiger partial charge in [-0.1, -0.05) is 38.1 Å². The summed E-state index contributed by atoms with van der Waals surface area (Å²) in [6.45, 7) is 10.5. The molecular formula is C12H16O2. The third kappa shape index (κ3) is 5.36. The molecule has 0 aromatic heterocycles. The second-order valence-electron chi connectivity index (χ2n) is 2.60. The molecule has 2 radical (unpaired) electrons. The van der Waals surface area contributed by atoms with Crippen LogP contribution in [0.25, 0.3) is 0 Å². The largest absolute Gasteiger partial charge is 0.461 e. The molecule has 0 aliphatic heterocycles. The monoisotopic (exact) mass is 192 g/mol. The fourth-order valence-corrected chi connectivity index (χ4v) is 0.820.